The lowest BCUT2D eigenvalue weighted by Crippen LogP contribution is -2.60. The SMILES string of the molecule is C[C@@]1(COC(=O)NCc2ccc(O)c(O)c2)SC2C(=Cc3cc(C(=O)NCc4ccc(O)c(O)c4)ccn3)C(=O)N2[C@H]1C(=O)OC(c1ccccc1)c1ccccc1. The summed E-state index contributed by atoms with van der Waals surface area (Å²) < 4.78 is 10.7. The first kappa shape index (κ1) is 39.2. The van der Waals surface area contributed by atoms with E-state index in [-0.39, 0.29) is 48.3 Å². The van der Waals surface area contributed by atoms with Crippen molar-refractivity contribution in [3.8, 4) is 23.0 Å². The van der Waals surface area contributed by atoms with E-state index in [0.717, 1.165) is 0 Å². The standard InChI is InChI=1S/C43H38N4O10S/c1-43(24-56-42(55)46-23-26-13-15-33(49)35(51)19-26)37(41(54)57-36(27-8-4-2-5-9-27)28-10-6-3-7-11-28)47-39(53)31(40(47)58-43)21-30-20-29(16-17-44-30)38(52)45-22-25-12-14-32(48)34(50)18-25/h2-21,36-37,40,48-51H,22-24H2,1H3,(H,45,52)(H,46,55)/t37-,40?,43-/m0/s1. The zero-order valence-corrected chi connectivity index (χ0v) is 31.8. The molecule has 7 rings (SSSR count). The van der Waals surface area contributed by atoms with Gasteiger partial charge in [0, 0.05) is 24.8 Å². The van der Waals surface area contributed by atoms with Crippen LogP contribution in [0, 0.1) is 0 Å². The first-order chi connectivity index (χ1) is 27.9. The van der Waals surface area contributed by atoms with Crippen LogP contribution in [0.3, 0.4) is 0 Å². The number of alkyl carbamates (subject to hydrolysis) is 1. The average Bonchev–Trinajstić information content (AvgIpc) is 3.52. The molecule has 5 aromatic rings. The van der Waals surface area contributed by atoms with E-state index in [1.54, 1.807) is 19.1 Å². The maximum Gasteiger partial charge on any atom is 0.407 e. The monoisotopic (exact) mass is 802 g/mol. The lowest BCUT2D eigenvalue weighted by Gasteiger charge is -2.40. The number of rotatable bonds is 12. The Bertz CT molecular complexity index is 2360. The number of phenols is 4. The summed E-state index contributed by atoms with van der Waals surface area (Å²) in [5, 5.41) is 43.5. The van der Waals surface area contributed by atoms with Gasteiger partial charge in [0.05, 0.1) is 16.0 Å². The summed E-state index contributed by atoms with van der Waals surface area (Å²) >= 11 is 1.25. The number of aromatic hydroxyl groups is 4. The summed E-state index contributed by atoms with van der Waals surface area (Å²) in [6.07, 6.45) is 1.36. The third-order valence-corrected chi connectivity index (χ3v) is 11.3. The van der Waals surface area contributed by atoms with Crippen LogP contribution in [0.5, 0.6) is 23.0 Å². The van der Waals surface area contributed by atoms with Crippen molar-refractivity contribution in [2.24, 2.45) is 0 Å². The van der Waals surface area contributed by atoms with Crippen molar-refractivity contribution in [3.05, 3.63) is 154 Å². The molecular weight excluding hydrogens is 765 g/mol. The predicted octanol–water partition coefficient (Wildman–Crippen LogP) is 5.52. The Morgan fingerprint density at radius 1 is 0.810 bits per heavy atom. The van der Waals surface area contributed by atoms with Crippen LogP contribution < -0.4 is 10.6 Å². The van der Waals surface area contributed by atoms with Crippen LogP contribution in [0.2, 0.25) is 0 Å². The van der Waals surface area contributed by atoms with Gasteiger partial charge in [0.25, 0.3) is 11.8 Å². The summed E-state index contributed by atoms with van der Waals surface area (Å²) in [4.78, 5) is 60.2. The lowest BCUT2D eigenvalue weighted by molar-refractivity contribution is -0.161. The van der Waals surface area contributed by atoms with Crippen LogP contribution in [0.1, 0.15) is 51.3 Å². The lowest BCUT2D eigenvalue weighted by atomic mass is 9.93. The summed E-state index contributed by atoms with van der Waals surface area (Å²) in [7, 11) is 0. The topological polar surface area (TPSA) is 208 Å². The minimum atomic E-state index is -1.20. The van der Waals surface area contributed by atoms with E-state index in [9.17, 15) is 39.6 Å². The molecule has 6 N–H and O–H groups in total. The molecule has 2 aliphatic heterocycles. The van der Waals surface area contributed by atoms with Crippen LogP contribution in [0.25, 0.3) is 6.08 Å². The van der Waals surface area contributed by atoms with Gasteiger partial charge in [-0.2, -0.15) is 0 Å². The van der Waals surface area contributed by atoms with E-state index >= 15 is 0 Å². The van der Waals surface area contributed by atoms with Gasteiger partial charge in [0.2, 0.25) is 0 Å². The quantitative estimate of drug-likeness (QED) is 0.0399. The molecule has 3 atom stereocenters. The van der Waals surface area contributed by atoms with Crippen molar-refractivity contribution in [3.63, 3.8) is 0 Å². The molecule has 14 nitrogen and oxygen atoms in total. The molecule has 2 aliphatic rings. The van der Waals surface area contributed by atoms with Gasteiger partial charge in [0.15, 0.2) is 29.1 Å². The molecule has 0 spiro atoms. The maximum atomic E-state index is 14.4. The molecule has 0 aliphatic carbocycles. The number of amides is 3. The number of pyridine rings is 1. The van der Waals surface area contributed by atoms with Gasteiger partial charge in [0.1, 0.15) is 18.0 Å². The van der Waals surface area contributed by atoms with Crippen molar-refractivity contribution in [2.75, 3.05) is 6.61 Å². The highest BCUT2D eigenvalue weighted by molar-refractivity contribution is 8.02. The highest BCUT2D eigenvalue weighted by Gasteiger charge is 2.64. The fraction of sp³-hybridized carbons (Fsp3) is 0.186. The fourth-order valence-electron chi connectivity index (χ4n) is 6.71. The molecule has 3 amide bonds. The largest absolute Gasteiger partial charge is 0.504 e. The highest BCUT2D eigenvalue weighted by Crippen LogP contribution is 2.54. The number of nitrogens with zero attached hydrogens (tertiary/aromatic N) is 2. The number of aromatic nitrogens is 1. The third-order valence-electron chi connectivity index (χ3n) is 9.71. The molecule has 58 heavy (non-hydrogen) atoms. The number of ether oxygens (including phenoxy) is 2. The molecular formula is C43H38N4O10S. The molecule has 15 heteroatoms. The van der Waals surface area contributed by atoms with Crippen LogP contribution in [-0.4, -0.2) is 77.0 Å². The summed E-state index contributed by atoms with van der Waals surface area (Å²) in [6, 6.07) is 28.6. The average molecular weight is 803 g/mol. The minimum absolute atomic E-state index is 0.0254. The fourth-order valence-corrected chi connectivity index (χ4v) is 8.31. The third kappa shape index (κ3) is 8.39. The van der Waals surface area contributed by atoms with Gasteiger partial charge < -0.3 is 45.4 Å². The van der Waals surface area contributed by atoms with E-state index in [0.29, 0.717) is 33.5 Å². The number of carbonyl (C=O) groups is 4. The molecule has 0 radical (unpaired) electrons. The molecule has 0 bridgehead atoms. The number of fused-ring (bicyclic) bond motifs is 1. The molecule has 2 fully saturated rings. The number of hydrogen-bond donors (Lipinski definition) is 6. The summed E-state index contributed by atoms with van der Waals surface area (Å²) in [6.45, 7) is 1.47. The zero-order chi connectivity index (χ0) is 41.0. The second-order valence-electron chi connectivity index (χ2n) is 13.9. The highest BCUT2D eigenvalue weighted by atomic mass is 32.2. The van der Waals surface area contributed by atoms with Gasteiger partial charge in [-0.25, -0.2) is 9.59 Å². The van der Waals surface area contributed by atoms with E-state index in [2.05, 4.69) is 15.6 Å². The van der Waals surface area contributed by atoms with Crippen molar-refractivity contribution in [1.82, 2.24) is 20.5 Å². The number of β-lactam (4-membered cyclic amide) rings is 1. The Balaban J connectivity index is 1.11. The van der Waals surface area contributed by atoms with Crippen LogP contribution >= 0.6 is 11.8 Å². The van der Waals surface area contributed by atoms with E-state index in [1.165, 1.54) is 65.3 Å². The van der Waals surface area contributed by atoms with Gasteiger partial charge in [-0.05, 0) is 71.7 Å². The number of benzene rings is 4. The Hall–Kier alpha value is -7.00. The first-order valence-corrected chi connectivity index (χ1v) is 19.0. The van der Waals surface area contributed by atoms with Gasteiger partial charge in [-0.15, -0.1) is 11.8 Å². The Morgan fingerprint density at radius 2 is 1.40 bits per heavy atom. The van der Waals surface area contributed by atoms with Crippen molar-refractivity contribution in [2.45, 2.75) is 42.3 Å². The van der Waals surface area contributed by atoms with Gasteiger partial charge >= 0.3 is 12.1 Å². The molecule has 1 unspecified atom stereocenters. The molecule has 1 aromatic heterocycles. The molecule has 2 saturated heterocycles. The zero-order valence-electron chi connectivity index (χ0n) is 30.9. The van der Waals surface area contributed by atoms with Gasteiger partial charge in [-0.3, -0.25) is 14.6 Å². The number of esters is 1. The number of hydrogen-bond acceptors (Lipinski definition) is 12. The number of carbonyl (C=O) groups excluding carboxylic acids is 4. The van der Waals surface area contributed by atoms with Crippen molar-refractivity contribution in [1.29, 1.82) is 0 Å². The number of phenolic OH excluding ortho intramolecular Hbond substituents is 4. The van der Waals surface area contributed by atoms with Crippen LogP contribution in [0.4, 0.5) is 4.79 Å². The van der Waals surface area contributed by atoms with Crippen molar-refractivity contribution >= 4 is 41.7 Å². The normalized spacial score (nSPS) is 19.0. The summed E-state index contributed by atoms with van der Waals surface area (Å²) in [5.41, 5.74) is 3.38. The summed E-state index contributed by atoms with van der Waals surface area (Å²) in [5.74, 6) is -2.83. The second-order valence-corrected chi connectivity index (χ2v) is 15.5. The van der Waals surface area contributed by atoms with Crippen molar-refractivity contribution < 1.29 is 49.1 Å². The first-order valence-electron chi connectivity index (χ1n) is 18.1. The molecule has 0 saturated carbocycles. The number of nitrogens with one attached hydrogen (secondary N) is 2. The second kappa shape index (κ2) is 16.6. The van der Waals surface area contributed by atoms with Crippen LogP contribution in [0.15, 0.2) is 121 Å². The van der Waals surface area contributed by atoms with E-state index < -0.39 is 46.1 Å². The molecule has 4 aromatic carbocycles. The van der Waals surface area contributed by atoms with E-state index in [4.69, 9.17) is 9.47 Å². The molecule has 296 valence electrons. The Kier molecular flexibility index (Phi) is 11.2. The Labute approximate surface area is 336 Å². The van der Waals surface area contributed by atoms with E-state index in [1.807, 2.05) is 60.7 Å². The Morgan fingerprint density at radius 3 is 1.98 bits per heavy atom. The minimum Gasteiger partial charge on any atom is -0.504 e. The van der Waals surface area contributed by atoms with Crippen LogP contribution in [-0.2, 0) is 32.2 Å². The smallest absolute Gasteiger partial charge is 0.407 e. The van der Waals surface area contributed by atoms with Gasteiger partial charge in [-0.1, -0.05) is 72.8 Å². The number of thioether (sulfide) groups is 1. The maximum absolute atomic E-state index is 14.4. The molecule has 3 heterocycles. The predicted molar refractivity (Wildman–Crippen MR) is 212 cm³/mol.